The Morgan fingerprint density at radius 3 is 2.95 bits per heavy atom. The normalized spacial score (nSPS) is 14.5. The van der Waals surface area contributed by atoms with E-state index in [-0.39, 0.29) is 5.88 Å². The van der Waals surface area contributed by atoms with E-state index >= 15 is 0 Å². The quantitative estimate of drug-likeness (QED) is 0.855. The number of nitrogens with zero attached hydrogens (tertiary/aromatic N) is 2. The van der Waals surface area contributed by atoms with Gasteiger partial charge in [-0.25, -0.2) is 0 Å². The average molecular weight is 381 g/mol. The van der Waals surface area contributed by atoms with Gasteiger partial charge in [0.25, 0.3) is 0 Å². The number of thiazole rings is 1. The Balaban J connectivity index is 2.05. The Bertz CT molecular complexity index is 895. The van der Waals surface area contributed by atoms with Crippen molar-refractivity contribution in [3.8, 4) is 5.88 Å². The summed E-state index contributed by atoms with van der Waals surface area (Å²) in [4.78, 5) is 26.5. The first-order valence-corrected chi connectivity index (χ1v) is 7.77. The number of hydrogen-bond acceptors (Lipinski definition) is 5. The molecule has 0 saturated heterocycles. The predicted octanol–water partition coefficient (Wildman–Crippen LogP) is 2.72. The van der Waals surface area contributed by atoms with Gasteiger partial charge in [-0.3, -0.25) is 19.1 Å². The minimum Gasteiger partial charge on any atom is -0.493 e. The number of aromatic hydroxyl groups is 1. The summed E-state index contributed by atoms with van der Waals surface area (Å²) in [7, 11) is 0. The van der Waals surface area contributed by atoms with Crippen LogP contribution in [0, 0.1) is 0 Å². The molecule has 0 atom stereocenters. The van der Waals surface area contributed by atoms with Crippen LogP contribution in [0.3, 0.4) is 0 Å². The number of allylic oxidation sites excluding steroid dienone is 1. The molecule has 3 rings (SSSR count). The van der Waals surface area contributed by atoms with Gasteiger partial charge in [-0.1, -0.05) is 27.3 Å². The lowest BCUT2D eigenvalue weighted by atomic mass is 10.1. The van der Waals surface area contributed by atoms with Gasteiger partial charge in [0.05, 0.1) is 10.6 Å². The Morgan fingerprint density at radius 1 is 1.45 bits per heavy atom. The van der Waals surface area contributed by atoms with Crippen LogP contribution < -0.4 is 4.87 Å². The summed E-state index contributed by atoms with van der Waals surface area (Å²) in [5.74, 6) is -1.53. The van der Waals surface area contributed by atoms with Gasteiger partial charge >= 0.3 is 10.8 Å². The molecule has 6 nitrogen and oxygen atoms in total. The Morgan fingerprint density at radius 2 is 2.23 bits per heavy atom. The summed E-state index contributed by atoms with van der Waals surface area (Å²) in [6.07, 6.45) is 3.27. The molecule has 1 aliphatic heterocycles. The van der Waals surface area contributed by atoms with Crippen molar-refractivity contribution in [3.63, 3.8) is 0 Å². The highest BCUT2D eigenvalue weighted by Crippen LogP contribution is 2.36. The summed E-state index contributed by atoms with van der Waals surface area (Å²) < 4.78 is 1.72. The summed E-state index contributed by atoms with van der Waals surface area (Å²) >= 11 is 4.18. The van der Waals surface area contributed by atoms with Crippen LogP contribution in [0.5, 0.6) is 5.88 Å². The largest absolute Gasteiger partial charge is 0.493 e. The Labute approximate surface area is 136 Å². The van der Waals surface area contributed by atoms with E-state index in [4.69, 9.17) is 5.11 Å². The van der Waals surface area contributed by atoms with Crippen molar-refractivity contribution in [1.29, 1.82) is 0 Å². The van der Waals surface area contributed by atoms with Crippen LogP contribution in [0.25, 0.3) is 11.6 Å². The van der Waals surface area contributed by atoms with Crippen LogP contribution in [0.4, 0.5) is 5.69 Å². The van der Waals surface area contributed by atoms with Gasteiger partial charge < -0.3 is 10.2 Å². The van der Waals surface area contributed by atoms with E-state index in [1.807, 2.05) is 18.2 Å². The van der Waals surface area contributed by atoms with Crippen LogP contribution in [-0.2, 0) is 11.3 Å². The van der Waals surface area contributed by atoms with Crippen molar-refractivity contribution in [1.82, 2.24) is 4.57 Å². The SMILES string of the molecule is O=C(O)Cn1c(O)c(C=C2C=Nc3ccc(Br)cc32)sc1=O. The summed E-state index contributed by atoms with van der Waals surface area (Å²) in [5, 5.41) is 18.8. The highest BCUT2D eigenvalue weighted by atomic mass is 79.9. The maximum absolute atomic E-state index is 11.8. The molecule has 2 heterocycles. The number of benzene rings is 1. The molecule has 112 valence electrons. The molecule has 0 unspecified atom stereocenters. The van der Waals surface area contributed by atoms with Crippen molar-refractivity contribution >= 4 is 56.8 Å². The van der Waals surface area contributed by atoms with Gasteiger partial charge in [-0.15, -0.1) is 0 Å². The van der Waals surface area contributed by atoms with Crippen molar-refractivity contribution < 1.29 is 15.0 Å². The van der Waals surface area contributed by atoms with Crippen LogP contribution in [0.2, 0.25) is 0 Å². The second-order valence-corrected chi connectivity index (χ2v) is 6.46. The minimum absolute atomic E-state index is 0.306. The molecule has 0 fully saturated rings. The molecule has 0 spiro atoms. The first kappa shape index (κ1) is 14.7. The molecule has 2 N–H and O–H groups in total. The first-order valence-electron chi connectivity index (χ1n) is 6.16. The summed E-state index contributed by atoms with van der Waals surface area (Å²) in [5.41, 5.74) is 2.42. The standard InChI is InChI=1S/C14H9BrN2O4S/c15-8-1-2-10-9(4-8)7(5-16-10)3-11-13(20)17(6-12(18)19)14(21)22-11/h1-5,20H,6H2,(H,18,19). The zero-order chi connectivity index (χ0) is 15.9. The molecule has 1 aliphatic rings. The maximum atomic E-state index is 11.8. The predicted molar refractivity (Wildman–Crippen MR) is 88.0 cm³/mol. The van der Waals surface area contributed by atoms with Crippen LogP contribution in [0.1, 0.15) is 10.4 Å². The fourth-order valence-corrected chi connectivity index (χ4v) is 3.30. The molecule has 0 radical (unpaired) electrons. The second kappa shape index (κ2) is 5.54. The number of carboxylic acids is 1. The van der Waals surface area contributed by atoms with E-state index in [0.29, 0.717) is 4.88 Å². The zero-order valence-electron chi connectivity index (χ0n) is 11.0. The maximum Gasteiger partial charge on any atom is 0.323 e. The van der Waals surface area contributed by atoms with Crippen molar-refractivity contribution in [2.45, 2.75) is 6.54 Å². The molecule has 2 aromatic rings. The fourth-order valence-electron chi connectivity index (χ4n) is 2.10. The first-order chi connectivity index (χ1) is 10.5. The minimum atomic E-state index is -1.19. The van der Waals surface area contributed by atoms with Gasteiger partial charge in [0.1, 0.15) is 6.54 Å². The zero-order valence-corrected chi connectivity index (χ0v) is 13.4. The molecule has 0 amide bonds. The number of aliphatic imine (C=N–C) groups is 1. The Hall–Kier alpha value is -2.19. The number of rotatable bonds is 3. The van der Waals surface area contributed by atoms with E-state index < -0.39 is 17.4 Å². The molecular weight excluding hydrogens is 372 g/mol. The number of aliphatic carboxylic acids is 1. The molecular formula is C14H9BrN2O4S. The van der Waals surface area contributed by atoms with E-state index in [1.54, 1.807) is 12.3 Å². The average Bonchev–Trinajstić information content (AvgIpc) is 2.95. The smallest absolute Gasteiger partial charge is 0.323 e. The molecule has 0 saturated carbocycles. The van der Waals surface area contributed by atoms with E-state index in [1.165, 1.54) is 0 Å². The number of halogens is 1. The van der Waals surface area contributed by atoms with Crippen molar-refractivity contribution in [2.75, 3.05) is 0 Å². The van der Waals surface area contributed by atoms with Gasteiger partial charge in [-0.2, -0.15) is 0 Å². The number of carboxylic acid groups (broad SMARTS) is 1. The number of hydrogen-bond donors (Lipinski definition) is 2. The van der Waals surface area contributed by atoms with Gasteiger partial charge in [0.2, 0.25) is 5.88 Å². The lowest BCUT2D eigenvalue weighted by Crippen LogP contribution is -2.18. The number of carbonyl (C=O) groups is 1. The molecule has 1 aromatic carbocycles. The third-order valence-corrected chi connectivity index (χ3v) is 4.49. The van der Waals surface area contributed by atoms with E-state index in [0.717, 1.165) is 37.2 Å². The molecule has 0 bridgehead atoms. The lowest BCUT2D eigenvalue weighted by molar-refractivity contribution is -0.137. The highest BCUT2D eigenvalue weighted by Gasteiger charge is 2.18. The monoisotopic (exact) mass is 380 g/mol. The molecule has 1 aromatic heterocycles. The summed E-state index contributed by atoms with van der Waals surface area (Å²) in [6, 6.07) is 5.62. The van der Waals surface area contributed by atoms with Crippen LogP contribution in [-0.4, -0.2) is 27.0 Å². The topological polar surface area (TPSA) is 91.9 Å². The highest BCUT2D eigenvalue weighted by molar-refractivity contribution is 9.10. The van der Waals surface area contributed by atoms with Crippen LogP contribution in [0.15, 0.2) is 32.5 Å². The van der Waals surface area contributed by atoms with E-state index in [9.17, 15) is 14.7 Å². The van der Waals surface area contributed by atoms with Gasteiger partial charge in [0, 0.05) is 21.8 Å². The summed E-state index contributed by atoms with van der Waals surface area (Å²) in [6.45, 7) is -0.569. The molecule has 0 aliphatic carbocycles. The molecule has 22 heavy (non-hydrogen) atoms. The fraction of sp³-hybridized carbons (Fsp3) is 0.0714. The third kappa shape index (κ3) is 2.62. The van der Waals surface area contributed by atoms with E-state index in [2.05, 4.69) is 20.9 Å². The van der Waals surface area contributed by atoms with Gasteiger partial charge in [0.15, 0.2) is 0 Å². The second-order valence-electron chi connectivity index (χ2n) is 4.56. The van der Waals surface area contributed by atoms with Crippen LogP contribution >= 0.6 is 27.3 Å². The van der Waals surface area contributed by atoms with Crippen molar-refractivity contribution in [3.05, 3.63) is 42.8 Å². The number of fused-ring (bicyclic) bond motifs is 1. The lowest BCUT2D eigenvalue weighted by Gasteiger charge is -2.01. The van der Waals surface area contributed by atoms with Gasteiger partial charge in [-0.05, 0) is 24.3 Å². The number of aromatic nitrogens is 1. The molecule has 8 heteroatoms. The third-order valence-electron chi connectivity index (χ3n) is 3.09. The Kier molecular flexibility index (Phi) is 3.71. The van der Waals surface area contributed by atoms with Crippen molar-refractivity contribution in [2.24, 2.45) is 4.99 Å².